The topological polar surface area (TPSA) is 41.1 Å². The van der Waals surface area contributed by atoms with E-state index in [1.54, 1.807) is 0 Å². The van der Waals surface area contributed by atoms with Crippen LogP contribution >= 0.6 is 0 Å². The number of rotatable bonds is 2. The number of hydrogen-bond donors (Lipinski definition) is 2. The molecule has 1 aliphatic heterocycles. The monoisotopic (exact) mass is 156 g/mol. The van der Waals surface area contributed by atoms with Crippen molar-refractivity contribution < 1.29 is 4.79 Å². The van der Waals surface area contributed by atoms with Crippen LogP contribution in [0.3, 0.4) is 0 Å². The molecule has 0 spiro atoms. The lowest BCUT2D eigenvalue weighted by molar-refractivity contribution is -0.124. The van der Waals surface area contributed by atoms with Crippen LogP contribution in [0, 0.1) is 5.92 Å². The highest BCUT2D eigenvalue weighted by atomic mass is 16.1. The molecule has 2 N–H and O–H groups in total. The molecule has 1 amide bonds. The van der Waals surface area contributed by atoms with Crippen molar-refractivity contribution in [1.29, 1.82) is 0 Å². The van der Waals surface area contributed by atoms with Gasteiger partial charge in [0.2, 0.25) is 5.91 Å². The number of carbonyl (C=O) groups excluding carboxylic acids is 1. The van der Waals surface area contributed by atoms with Crippen molar-refractivity contribution >= 4 is 5.91 Å². The molecule has 1 heterocycles. The largest absolute Gasteiger partial charge is 0.352 e. The summed E-state index contributed by atoms with van der Waals surface area (Å²) in [7, 11) is 0. The van der Waals surface area contributed by atoms with Gasteiger partial charge in [-0.1, -0.05) is 13.8 Å². The molecule has 0 radical (unpaired) electrons. The van der Waals surface area contributed by atoms with Crippen LogP contribution in [0.4, 0.5) is 0 Å². The van der Waals surface area contributed by atoms with Gasteiger partial charge in [-0.25, -0.2) is 0 Å². The van der Waals surface area contributed by atoms with Gasteiger partial charge in [-0.05, 0) is 13.0 Å². The van der Waals surface area contributed by atoms with E-state index in [9.17, 15) is 4.79 Å². The fourth-order valence-electron chi connectivity index (χ4n) is 1.15. The third kappa shape index (κ3) is 2.50. The van der Waals surface area contributed by atoms with Crippen molar-refractivity contribution in [3.8, 4) is 0 Å². The maximum atomic E-state index is 11.2. The number of nitrogens with one attached hydrogen (secondary N) is 2. The molecule has 1 fully saturated rings. The number of hydrogen-bond acceptors (Lipinski definition) is 2. The molecule has 0 aliphatic carbocycles. The van der Waals surface area contributed by atoms with Gasteiger partial charge in [-0.3, -0.25) is 4.79 Å². The van der Waals surface area contributed by atoms with Gasteiger partial charge >= 0.3 is 0 Å². The average Bonchev–Trinajstić information content (AvgIpc) is 2.39. The summed E-state index contributed by atoms with van der Waals surface area (Å²) in [5, 5.41) is 6.18. The number of amides is 1. The minimum absolute atomic E-state index is 0.107. The first-order chi connectivity index (χ1) is 5.20. The lowest BCUT2D eigenvalue weighted by Crippen LogP contribution is -2.38. The van der Waals surface area contributed by atoms with Crippen molar-refractivity contribution in [2.24, 2.45) is 5.92 Å². The van der Waals surface area contributed by atoms with Crippen LogP contribution in [0.1, 0.15) is 20.3 Å². The third-order valence-corrected chi connectivity index (χ3v) is 1.93. The maximum Gasteiger partial charge on any atom is 0.222 e. The lowest BCUT2D eigenvalue weighted by atomic mass is 10.2. The Kier molecular flexibility index (Phi) is 2.88. The van der Waals surface area contributed by atoms with E-state index < -0.39 is 0 Å². The predicted octanol–water partition coefficient (Wildman–Crippen LogP) is 0.120. The standard InChI is InChI=1S/C8H16N2O/c1-6(2)8(11)10-7-3-4-9-5-7/h6-7,9H,3-5H2,1-2H3,(H,10,11). The molecule has 1 rings (SSSR count). The van der Waals surface area contributed by atoms with Gasteiger partial charge in [0.05, 0.1) is 0 Å². The molecule has 0 aromatic heterocycles. The second-order valence-electron chi connectivity index (χ2n) is 3.35. The molecule has 0 bridgehead atoms. The molecule has 11 heavy (non-hydrogen) atoms. The van der Waals surface area contributed by atoms with Crippen molar-refractivity contribution in [2.75, 3.05) is 13.1 Å². The first kappa shape index (κ1) is 8.53. The quantitative estimate of drug-likeness (QED) is 0.596. The summed E-state index contributed by atoms with van der Waals surface area (Å²) in [4.78, 5) is 11.2. The van der Waals surface area contributed by atoms with E-state index in [4.69, 9.17) is 0 Å². The molecular weight excluding hydrogens is 140 g/mol. The summed E-state index contributed by atoms with van der Waals surface area (Å²) in [6, 6.07) is 0.366. The van der Waals surface area contributed by atoms with Gasteiger partial charge in [0.1, 0.15) is 0 Å². The molecule has 3 heteroatoms. The minimum Gasteiger partial charge on any atom is -0.352 e. The van der Waals surface area contributed by atoms with Gasteiger partial charge in [0.15, 0.2) is 0 Å². The minimum atomic E-state index is 0.107. The fourth-order valence-corrected chi connectivity index (χ4v) is 1.15. The zero-order chi connectivity index (χ0) is 8.27. The van der Waals surface area contributed by atoms with E-state index in [1.807, 2.05) is 13.8 Å². The molecular formula is C8H16N2O. The van der Waals surface area contributed by atoms with Crippen molar-refractivity contribution in [3.05, 3.63) is 0 Å². The van der Waals surface area contributed by atoms with Crippen molar-refractivity contribution in [3.63, 3.8) is 0 Å². The maximum absolute atomic E-state index is 11.2. The van der Waals surface area contributed by atoms with E-state index in [0.29, 0.717) is 6.04 Å². The highest BCUT2D eigenvalue weighted by molar-refractivity contribution is 5.78. The van der Waals surface area contributed by atoms with Crippen molar-refractivity contribution in [1.82, 2.24) is 10.6 Å². The summed E-state index contributed by atoms with van der Waals surface area (Å²) >= 11 is 0. The van der Waals surface area contributed by atoms with Gasteiger partial charge in [0, 0.05) is 18.5 Å². The molecule has 64 valence electrons. The molecule has 1 atom stereocenters. The highest BCUT2D eigenvalue weighted by Crippen LogP contribution is 1.99. The van der Waals surface area contributed by atoms with E-state index in [0.717, 1.165) is 19.5 Å². The Morgan fingerprint density at radius 3 is 2.82 bits per heavy atom. The van der Waals surface area contributed by atoms with Gasteiger partial charge < -0.3 is 10.6 Å². The summed E-state index contributed by atoms with van der Waals surface area (Å²) in [5.41, 5.74) is 0. The zero-order valence-corrected chi connectivity index (χ0v) is 7.18. The normalized spacial score (nSPS) is 24.1. The second-order valence-corrected chi connectivity index (χ2v) is 3.35. The van der Waals surface area contributed by atoms with E-state index in [2.05, 4.69) is 10.6 Å². The van der Waals surface area contributed by atoms with Crippen molar-refractivity contribution in [2.45, 2.75) is 26.3 Å². The Morgan fingerprint density at radius 1 is 1.64 bits per heavy atom. The van der Waals surface area contributed by atoms with Gasteiger partial charge in [-0.2, -0.15) is 0 Å². The fraction of sp³-hybridized carbons (Fsp3) is 0.875. The van der Waals surface area contributed by atoms with Crippen LogP contribution in [0.5, 0.6) is 0 Å². The Morgan fingerprint density at radius 2 is 2.36 bits per heavy atom. The third-order valence-electron chi connectivity index (χ3n) is 1.93. The molecule has 1 aliphatic rings. The summed E-state index contributed by atoms with van der Waals surface area (Å²) in [5.74, 6) is 0.273. The Balaban J connectivity index is 2.24. The van der Waals surface area contributed by atoms with Crippen LogP contribution in [0.2, 0.25) is 0 Å². The Labute approximate surface area is 67.5 Å². The van der Waals surface area contributed by atoms with Gasteiger partial charge in [-0.15, -0.1) is 0 Å². The Bertz CT molecular complexity index is 139. The molecule has 3 nitrogen and oxygen atoms in total. The SMILES string of the molecule is CC(C)C(=O)NC1CCNC1. The van der Waals surface area contributed by atoms with E-state index >= 15 is 0 Å². The Hall–Kier alpha value is -0.570. The van der Waals surface area contributed by atoms with Crippen LogP contribution in [-0.2, 0) is 4.79 Å². The molecule has 1 unspecified atom stereocenters. The van der Waals surface area contributed by atoms with Crippen LogP contribution < -0.4 is 10.6 Å². The summed E-state index contributed by atoms with van der Waals surface area (Å²) in [6.07, 6.45) is 1.07. The van der Waals surface area contributed by atoms with Crippen LogP contribution in [0.25, 0.3) is 0 Å². The summed E-state index contributed by atoms with van der Waals surface area (Å²) < 4.78 is 0. The molecule has 0 aromatic carbocycles. The zero-order valence-electron chi connectivity index (χ0n) is 7.18. The smallest absolute Gasteiger partial charge is 0.222 e. The second kappa shape index (κ2) is 3.72. The summed E-state index contributed by atoms with van der Waals surface area (Å²) in [6.45, 7) is 5.79. The van der Waals surface area contributed by atoms with E-state index in [-0.39, 0.29) is 11.8 Å². The molecule has 1 saturated heterocycles. The predicted molar refractivity (Wildman–Crippen MR) is 44.3 cm³/mol. The van der Waals surface area contributed by atoms with Crippen LogP contribution in [0.15, 0.2) is 0 Å². The lowest BCUT2D eigenvalue weighted by Gasteiger charge is -2.12. The van der Waals surface area contributed by atoms with E-state index in [1.165, 1.54) is 0 Å². The molecule has 0 aromatic rings. The first-order valence-electron chi connectivity index (χ1n) is 4.21. The highest BCUT2D eigenvalue weighted by Gasteiger charge is 2.17. The van der Waals surface area contributed by atoms with Crippen LogP contribution in [-0.4, -0.2) is 25.0 Å². The molecule has 0 saturated carbocycles. The first-order valence-corrected chi connectivity index (χ1v) is 4.21. The average molecular weight is 156 g/mol. The number of carbonyl (C=O) groups is 1. The van der Waals surface area contributed by atoms with Gasteiger partial charge in [0.25, 0.3) is 0 Å².